The molecule has 3 aromatic carbocycles. The van der Waals surface area contributed by atoms with Crippen molar-refractivity contribution in [2.24, 2.45) is 0 Å². The van der Waals surface area contributed by atoms with Crippen molar-refractivity contribution in [3.63, 3.8) is 0 Å². The Labute approximate surface area is 173 Å². The van der Waals surface area contributed by atoms with E-state index in [9.17, 15) is 4.79 Å². The lowest BCUT2D eigenvalue weighted by Gasteiger charge is -2.51. The van der Waals surface area contributed by atoms with Gasteiger partial charge in [0.25, 0.3) is 5.91 Å². The lowest BCUT2D eigenvalue weighted by atomic mass is 9.65. The van der Waals surface area contributed by atoms with Crippen LogP contribution in [0.15, 0.2) is 91.0 Å². The molecule has 1 amide bonds. The third kappa shape index (κ3) is 3.51. The molecule has 29 heavy (non-hydrogen) atoms. The van der Waals surface area contributed by atoms with Gasteiger partial charge in [0, 0.05) is 22.7 Å². The van der Waals surface area contributed by atoms with E-state index in [4.69, 9.17) is 0 Å². The molecule has 0 saturated heterocycles. The number of benzene rings is 3. The van der Waals surface area contributed by atoms with E-state index in [0.29, 0.717) is 0 Å². The summed E-state index contributed by atoms with van der Waals surface area (Å²) in [5, 5.41) is 0. The number of rotatable bonds is 3. The quantitative estimate of drug-likeness (QED) is 0.493. The first-order chi connectivity index (χ1) is 13.9. The van der Waals surface area contributed by atoms with E-state index in [1.54, 1.807) is 6.08 Å². The molecule has 2 nitrogen and oxygen atoms in total. The zero-order valence-corrected chi connectivity index (χ0v) is 17.3. The summed E-state index contributed by atoms with van der Waals surface area (Å²) in [6.07, 6.45) is 4.44. The number of para-hydroxylation sites is 1. The molecule has 0 radical (unpaired) electrons. The second kappa shape index (κ2) is 7.36. The second-order valence-corrected chi connectivity index (χ2v) is 8.62. The van der Waals surface area contributed by atoms with Gasteiger partial charge in [-0.2, -0.15) is 0 Å². The zero-order chi connectivity index (χ0) is 20.5. The van der Waals surface area contributed by atoms with E-state index >= 15 is 0 Å². The van der Waals surface area contributed by atoms with Gasteiger partial charge in [-0.15, -0.1) is 0 Å². The first kappa shape index (κ1) is 19.2. The van der Waals surface area contributed by atoms with Crippen molar-refractivity contribution in [3.8, 4) is 0 Å². The van der Waals surface area contributed by atoms with Gasteiger partial charge in [0.2, 0.25) is 0 Å². The normalized spacial score (nSPS) is 20.4. The fourth-order valence-electron chi connectivity index (χ4n) is 4.79. The van der Waals surface area contributed by atoms with Gasteiger partial charge in [0.05, 0.1) is 0 Å². The first-order valence-corrected chi connectivity index (χ1v) is 10.1. The standard InChI is InChI=1S/C27H27NO/c1-26(2)20-27(3,22-14-8-5-9-15-22)23-16-10-11-17-24(23)28(26)25(29)19-18-21-12-6-4-7-13-21/h4-19H,20H2,1-3H3. The zero-order valence-electron chi connectivity index (χ0n) is 17.3. The van der Waals surface area contributed by atoms with E-state index < -0.39 is 0 Å². The van der Waals surface area contributed by atoms with Crippen LogP contribution in [0.5, 0.6) is 0 Å². The van der Waals surface area contributed by atoms with Gasteiger partial charge < -0.3 is 4.90 Å². The minimum Gasteiger partial charge on any atom is -0.303 e. The first-order valence-electron chi connectivity index (χ1n) is 10.1. The van der Waals surface area contributed by atoms with Crippen LogP contribution in [0.4, 0.5) is 5.69 Å². The Morgan fingerprint density at radius 1 is 0.828 bits per heavy atom. The SMILES string of the molecule is CC1(c2ccccc2)CC(C)(C)N(C(=O)C=Cc2ccccc2)c2ccccc21. The Hall–Kier alpha value is -3.13. The Morgan fingerprint density at radius 2 is 1.41 bits per heavy atom. The highest BCUT2D eigenvalue weighted by molar-refractivity contribution is 6.06. The van der Waals surface area contributed by atoms with Crippen molar-refractivity contribution in [1.29, 1.82) is 0 Å². The van der Waals surface area contributed by atoms with Crippen LogP contribution < -0.4 is 4.90 Å². The van der Waals surface area contributed by atoms with E-state index in [1.165, 1.54) is 11.1 Å². The minimum atomic E-state index is -0.322. The smallest absolute Gasteiger partial charge is 0.251 e. The maximum absolute atomic E-state index is 13.3. The fourth-order valence-corrected chi connectivity index (χ4v) is 4.79. The van der Waals surface area contributed by atoms with Crippen LogP contribution in [-0.4, -0.2) is 11.4 Å². The predicted octanol–water partition coefficient (Wildman–Crippen LogP) is 6.22. The van der Waals surface area contributed by atoms with E-state index in [-0.39, 0.29) is 16.9 Å². The number of nitrogens with zero attached hydrogens (tertiary/aromatic N) is 1. The lowest BCUT2D eigenvalue weighted by Crippen LogP contribution is -2.55. The van der Waals surface area contributed by atoms with Crippen molar-refractivity contribution in [1.82, 2.24) is 0 Å². The number of amides is 1. The van der Waals surface area contributed by atoms with Gasteiger partial charge in [-0.3, -0.25) is 4.79 Å². The molecule has 3 aromatic rings. The van der Waals surface area contributed by atoms with Crippen molar-refractivity contribution in [2.45, 2.75) is 38.1 Å². The minimum absolute atomic E-state index is 0.0152. The summed E-state index contributed by atoms with van der Waals surface area (Å²) < 4.78 is 0. The molecule has 2 heteroatoms. The summed E-state index contributed by atoms with van der Waals surface area (Å²) in [4.78, 5) is 15.3. The number of carbonyl (C=O) groups excluding carboxylic acids is 1. The Morgan fingerprint density at radius 3 is 2.10 bits per heavy atom. The Kier molecular flexibility index (Phi) is 4.87. The van der Waals surface area contributed by atoms with Gasteiger partial charge in [0.15, 0.2) is 0 Å². The van der Waals surface area contributed by atoms with Crippen LogP contribution in [-0.2, 0) is 10.2 Å². The van der Waals surface area contributed by atoms with Gasteiger partial charge in [-0.1, -0.05) is 85.8 Å². The molecular formula is C27H27NO. The number of hydrogen-bond donors (Lipinski definition) is 0. The average molecular weight is 382 g/mol. The highest BCUT2D eigenvalue weighted by Gasteiger charge is 2.47. The van der Waals surface area contributed by atoms with Crippen LogP contribution >= 0.6 is 0 Å². The monoisotopic (exact) mass is 381 g/mol. The van der Waals surface area contributed by atoms with E-state index in [1.807, 2.05) is 47.4 Å². The molecule has 0 aliphatic carbocycles. The Bertz CT molecular complexity index is 1040. The number of fused-ring (bicyclic) bond motifs is 1. The highest BCUT2D eigenvalue weighted by Crippen LogP contribution is 2.50. The Balaban J connectivity index is 1.78. The van der Waals surface area contributed by atoms with Crippen LogP contribution in [0.2, 0.25) is 0 Å². The maximum Gasteiger partial charge on any atom is 0.251 e. The number of carbonyl (C=O) groups is 1. The van der Waals surface area contributed by atoms with Gasteiger partial charge >= 0.3 is 0 Å². The second-order valence-electron chi connectivity index (χ2n) is 8.62. The van der Waals surface area contributed by atoms with Gasteiger partial charge in [-0.25, -0.2) is 0 Å². The molecule has 0 bridgehead atoms. The summed E-state index contributed by atoms with van der Waals surface area (Å²) in [6.45, 7) is 6.63. The van der Waals surface area contributed by atoms with Crippen molar-refractivity contribution in [3.05, 3.63) is 108 Å². The molecule has 0 saturated carbocycles. The number of hydrogen-bond acceptors (Lipinski definition) is 1. The van der Waals surface area contributed by atoms with Crippen molar-refractivity contribution < 1.29 is 4.79 Å². The van der Waals surface area contributed by atoms with Crippen LogP contribution in [0.25, 0.3) is 6.08 Å². The van der Waals surface area contributed by atoms with Gasteiger partial charge in [-0.05, 0) is 49.1 Å². The summed E-state index contributed by atoms with van der Waals surface area (Å²) in [5.41, 5.74) is 4.04. The predicted molar refractivity (Wildman–Crippen MR) is 121 cm³/mol. The molecule has 0 spiro atoms. The molecule has 1 unspecified atom stereocenters. The number of anilines is 1. The molecule has 1 atom stereocenters. The molecule has 1 aliphatic heterocycles. The maximum atomic E-state index is 13.3. The average Bonchev–Trinajstić information content (AvgIpc) is 2.73. The molecule has 1 aliphatic rings. The third-order valence-electron chi connectivity index (χ3n) is 5.98. The molecule has 0 fully saturated rings. The molecule has 4 rings (SSSR count). The van der Waals surface area contributed by atoms with Crippen molar-refractivity contribution in [2.75, 3.05) is 4.90 Å². The van der Waals surface area contributed by atoms with E-state index in [0.717, 1.165) is 17.7 Å². The fraction of sp³-hybridized carbons (Fsp3) is 0.222. The summed E-state index contributed by atoms with van der Waals surface area (Å²) >= 11 is 0. The summed E-state index contributed by atoms with van der Waals surface area (Å²) in [5.74, 6) is 0.0152. The molecule has 146 valence electrons. The third-order valence-corrected chi connectivity index (χ3v) is 5.98. The van der Waals surface area contributed by atoms with Gasteiger partial charge in [0.1, 0.15) is 0 Å². The molecule has 0 aromatic heterocycles. The molecule has 0 N–H and O–H groups in total. The highest BCUT2D eigenvalue weighted by atomic mass is 16.2. The molecular weight excluding hydrogens is 354 g/mol. The summed E-state index contributed by atoms with van der Waals surface area (Å²) in [7, 11) is 0. The van der Waals surface area contributed by atoms with Crippen LogP contribution in [0, 0.1) is 0 Å². The topological polar surface area (TPSA) is 20.3 Å². The summed E-state index contributed by atoms with van der Waals surface area (Å²) in [6, 6.07) is 28.9. The van der Waals surface area contributed by atoms with E-state index in [2.05, 4.69) is 69.3 Å². The van der Waals surface area contributed by atoms with Crippen molar-refractivity contribution >= 4 is 17.7 Å². The van der Waals surface area contributed by atoms with Crippen LogP contribution in [0.3, 0.4) is 0 Å². The lowest BCUT2D eigenvalue weighted by molar-refractivity contribution is -0.115. The largest absolute Gasteiger partial charge is 0.303 e. The molecule has 1 heterocycles. The van der Waals surface area contributed by atoms with Crippen LogP contribution in [0.1, 0.15) is 43.9 Å².